The molecule has 0 unspecified atom stereocenters. The molecule has 4 nitrogen and oxygen atoms in total. The van der Waals surface area contributed by atoms with E-state index in [1.54, 1.807) is 17.5 Å². The number of carbonyl (C=O) groups is 1. The Morgan fingerprint density at radius 2 is 2.05 bits per heavy atom. The zero-order chi connectivity index (χ0) is 14.8. The zero-order valence-electron chi connectivity index (χ0n) is 12.3. The van der Waals surface area contributed by atoms with Gasteiger partial charge in [0.1, 0.15) is 5.82 Å². The Labute approximate surface area is 128 Å². The molecule has 1 aliphatic heterocycles. The van der Waals surface area contributed by atoms with Crippen LogP contribution < -0.4 is 10.2 Å². The number of pyridine rings is 1. The average Bonchev–Trinajstić information content (AvgIpc) is 3.09. The van der Waals surface area contributed by atoms with Gasteiger partial charge in [0, 0.05) is 22.8 Å². The third-order valence-corrected chi connectivity index (χ3v) is 4.69. The molecule has 0 bridgehead atoms. The molecule has 0 radical (unpaired) electrons. The molecular weight excluding hydrogens is 282 g/mol. The summed E-state index contributed by atoms with van der Waals surface area (Å²) < 4.78 is 0. The molecule has 0 saturated carbocycles. The topological polar surface area (TPSA) is 45.2 Å². The van der Waals surface area contributed by atoms with Gasteiger partial charge in [0.05, 0.1) is 17.4 Å². The van der Waals surface area contributed by atoms with Gasteiger partial charge in [0.25, 0.3) is 5.91 Å². The van der Waals surface area contributed by atoms with E-state index in [0.717, 1.165) is 39.9 Å². The zero-order valence-corrected chi connectivity index (χ0v) is 13.2. The molecule has 110 valence electrons. The number of aromatic nitrogens is 1. The van der Waals surface area contributed by atoms with E-state index in [1.807, 2.05) is 32.0 Å². The first-order valence-corrected chi connectivity index (χ1v) is 8.04. The summed E-state index contributed by atoms with van der Waals surface area (Å²) in [6.45, 7) is 6.14. The van der Waals surface area contributed by atoms with Crippen LogP contribution in [0.1, 0.15) is 33.0 Å². The van der Waals surface area contributed by atoms with Gasteiger partial charge in [-0.05, 0) is 44.9 Å². The fraction of sp³-hybridized carbons (Fsp3) is 0.375. The standard InChI is InChI=1S/C16H19N3OS/c1-11-9-14(12(2)21-11)16(20)18-13-5-6-15(17-10-13)19-7-3-4-8-19/h5-6,9-10H,3-4,7-8H2,1-2H3,(H,18,20). The molecular formula is C16H19N3OS. The molecule has 1 amide bonds. The second kappa shape index (κ2) is 5.85. The van der Waals surface area contributed by atoms with Gasteiger partial charge in [-0.25, -0.2) is 4.98 Å². The Morgan fingerprint density at radius 1 is 1.29 bits per heavy atom. The van der Waals surface area contributed by atoms with E-state index in [2.05, 4.69) is 15.2 Å². The van der Waals surface area contributed by atoms with E-state index < -0.39 is 0 Å². The normalized spacial score (nSPS) is 14.5. The van der Waals surface area contributed by atoms with Crippen LogP contribution in [-0.4, -0.2) is 24.0 Å². The molecule has 5 heteroatoms. The Morgan fingerprint density at radius 3 is 2.62 bits per heavy atom. The second-order valence-electron chi connectivity index (χ2n) is 5.38. The summed E-state index contributed by atoms with van der Waals surface area (Å²) in [5.74, 6) is 0.931. The third-order valence-electron chi connectivity index (χ3n) is 3.72. The predicted molar refractivity (Wildman–Crippen MR) is 87.4 cm³/mol. The van der Waals surface area contributed by atoms with Crippen molar-refractivity contribution in [3.8, 4) is 0 Å². The molecule has 1 fully saturated rings. The Hall–Kier alpha value is -1.88. The van der Waals surface area contributed by atoms with Crippen LogP contribution in [0.4, 0.5) is 11.5 Å². The summed E-state index contributed by atoms with van der Waals surface area (Å²) in [7, 11) is 0. The van der Waals surface area contributed by atoms with Crippen LogP contribution in [0.5, 0.6) is 0 Å². The summed E-state index contributed by atoms with van der Waals surface area (Å²) in [6, 6.07) is 5.83. The molecule has 0 aliphatic carbocycles. The van der Waals surface area contributed by atoms with E-state index in [-0.39, 0.29) is 5.91 Å². The van der Waals surface area contributed by atoms with Gasteiger partial charge < -0.3 is 10.2 Å². The van der Waals surface area contributed by atoms with Gasteiger partial charge in [-0.1, -0.05) is 0 Å². The minimum absolute atomic E-state index is 0.0624. The number of hydrogen-bond donors (Lipinski definition) is 1. The van der Waals surface area contributed by atoms with Crippen LogP contribution in [0, 0.1) is 13.8 Å². The predicted octanol–water partition coefficient (Wildman–Crippen LogP) is 3.61. The van der Waals surface area contributed by atoms with Gasteiger partial charge in [0.15, 0.2) is 0 Å². The Bertz CT molecular complexity index is 642. The van der Waals surface area contributed by atoms with Crippen molar-refractivity contribution >= 4 is 28.7 Å². The fourth-order valence-electron chi connectivity index (χ4n) is 2.65. The van der Waals surface area contributed by atoms with Crippen LogP contribution in [-0.2, 0) is 0 Å². The maximum Gasteiger partial charge on any atom is 0.256 e. The first kappa shape index (κ1) is 14.1. The second-order valence-corrected chi connectivity index (χ2v) is 6.84. The van der Waals surface area contributed by atoms with E-state index in [1.165, 1.54) is 12.8 Å². The summed E-state index contributed by atoms with van der Waals surface area (Å²) in [5, 5.41) is 2.92. The number of nitrogens with zero attached hydrogens (tertiary/aromatic N) is 2. The molecule has 3 heterocycles. The minimum atomic E-state index is -0.0624. The van der Waals surface area contributed by atoms with E-state index in [4.69, 9.17) is 0 Å². The largest absolute Gasteiger partial charge is 0.357 e. The highest BCUT2D eigenvalue weighted by atomic mass is 32.1. The summed E-state index contributed by atoms with van der Waals surface area (Å²) >= 11 is 1.64. The highest BCUT2D eigenvalue weighted by Crippen LogP contribution is 2.23. The number of hydrogen-bond acceptors (Lipinski definition) is 4. The van der Waals surface area contributed by atoms with Gasteiger partial charge in [-0.2, -0.15) is 0 Å². The Kier molecular flexibility index (Phi) is 3.92. The molecule has 1 aliphatic rings. The van der Waals surface area contributed by atoms with Crippen LogP contribution >= 0.6 is 11.3 Å². The first-order chi connectivity index (χ1) is 10.1. The summed E-state index contributed by atoms with van der Waals surface area (Å²) in [4.78, 5) is 21.2. The lowest BCUT2D eigenvalue weighted by atomic mass is 10.2. The quantitative estimate of drug-likeness (QED) is 0.942. The lowest BCUT2D eigenvalue weighted by molar-refractivity contribution is 0.102. The molecule has 0 atom stereocenters. The van der Waals surface area contributed by atoms with Crippen LogP contribution in [0.15, 0.2) is 24.4 Å². The minimum Gasteiger partial charge on any atom is -0.357 e. The summed E-state index contributed by atoms with van der Waals surface area (Å²) in [5.41, 5.74) is 1.49. The molecule has 2 aromatic heterocycles. The van der Waals surface area contributed by atoms with Gasteiger partial charge in [-0.3, -0.25) is 4.79 Å². The van der Waals surface area contributed by atoms with Crippen molar-refractivity contribution in [1.29, 1.82) is 0 Å². The monoisotopic (exact) mass is 301 g/mol. The maximum atomic E-state index is 12.2. The fourth-order valence-corrected chi connectivity index (χ4v) is 3.57. The number of anilines is 2. The summed E-state index contributed by atoms with van der Waals surface area (Å²) in [6.07, 6.45) is 4.20. The molecule has 0 spiro atoms. The molecule has 2 aromatic rings. The van der Waals surface area contributed by atoms with Crippen molar-refractivity contribution in [3.63, 3.8) is 0 Å². The van der Waals surface area contributed by atoms with Gasteiger partial charge >= 0.3 is 0 Å². The van der Waals surface area contributed by atoms with Crippen molar-refractivity contribution in [1.82, 2.24) is 4.98 Å². The number of amides is 1. The van der Waals surface area contributed by atoms with Crippen LogP contribution in [0.3, 0.4) is 0 Å². The highest BCUT2D eigenvalue weighted by Gasteiger charge is 2.14. The average molecular weight is 301 g/mol. The Balaban J connectivity index is 1.70. The lowest BCUT2D eigenvalue weighted by Gasteiger charge is -2.16. The third kappa shape index (κ3) is 3.08. The molecule has 1 N–H and O–H groups in total. The van der Waals surface area contributed by atoms with E-state index in [9.17, 15) is 4.79 Å². The number of nitrogens with one attached hydrogen (secondary N) is 1. The number of thiophene rings is 1. The van der Waals surface area contributed by atoms with Crippen molar-refractivity contribution in [2.75, 3.05) is 23.3 Å². The van der Waals surface area contributed by atoms with Crippen LogP contribution in [0.25, 0.3) is 0 Å². The molecule has 21 heavy (non-hydrogen) atoms. The molecule has 0 aromatic carbocycles. The number of rotatable bonds is 3. The van der Waals surface area contributed by atoms with Crippen molar-refractivity contribution < 1.29 is 4.79 Å². The smallest absolute Gasteiger partial charge is 0.256 e. The molecule has 1 saturated heterocycles. The number of carbonyl (C=O) groups excluding carboxylic acids is 1. The van der Waals surface area contributed by atoms with Gasteiger partial charge in [-0.15, -0.1) is 11.3 Å². The van der Waals surface area contributed by atoms with Crippen molar-refractivity contribution in [3.05, 3.63) is 39.7 Å². The van der Waals surface area contributed by atoms with Crippen molar-refractivity contribution in [2.24, 2.45) is 0 Å². The first-order valence-electron chi connectivity index (χ1n) is 7.23. The molecule has 3 rings (SSSR count). The number of aryl methyl sites for hydroxylation is 2. The lowest BCUT2D eigenvalue weighted by Crippen LogP contribution is -2.19. The van der Waals surface area contributed by atoms with Gasteiger partial charge in [0.2, 0.25) is 0 Å². The van der Waals surface area contributed by atoms with E-state index in [0.29, 0.717) is 0 Å². The highest BCUT2D eigenvalue weighted by molar-refractivity contribution is 7.12. The van der Waals surface area contributed by atoms with E-state index >= 15 is 0 Å². The van der Waals surface area contributed by atoms with Crippen molar-refractivity contribution in [2.45, 2.75) is 26.7 Å². The van der Waals surface area contributed by atoms with Crippen LogP contribution in [0.2, 0.25) is 0 Å². The maximum absolute atomic E-state index is 12.2. The SMILES string of the molecule is Cc1cc(C(=O)Nc2ccc(N3CCCC3)nc2)c(C)s1.